The summed E-state index contributed by atoms with van der Waals surface area (Å²) in [6.45, 7) is 0. The largest absolute Gasteiger partial charge is 0.389 e. The van der Waals surface area contributed by atoms with Crippen LogP contribution in [-0.4, -0.2) is 21.1 Å². The van der Waals surface area contributed by atoms with Gasteiger partial charge in [0.1, 0.15) is 5.60 Å². The first-order valence-electron chi connectivity index (χ1n) is 9.56. The topological polar surface area (TPSA) is 39.4 Å². The molecule has 4 heteroatoms. The van der Waals surface area contributed by atoms with Gasteiger partial charge in [-0.05, 0) is 44.6 Å². The molecular weight excluding hydrogens is 298 g/mol. The van der Waals surface area contributed by atoms with Crippen LogP contribution < -0.4 is 0 Å². The van der Waals surface area contributed by atoms with Crippen LogP contribution in [0.25, 0.3) is 10.9 Å². The summed E-state index contributed by atoms with van der Waals surface area (Å²) in [6.07, 6.45) is 14.3. The van der Waals surface area contributed by atoms with Crippen molar-refractivity contribution in [2.45, 2.75) is 75.9 Å². The minimum atomic E-state index is -0.00572. The van der Waals surface area contributed by atoms with E-state index in [4.69, 9.17) is 4.84 Å². The Morgan fingerprint density at radius 2 is 1.88 bits per heavy atom. The molecule has 1 aromatic heterocycles. The normalized spacial score (nSPS) is 23.8. The quantitative estimate of drug-likeness (QED) is 0.782. The Morgan fingerprint density at radius 1 is 1.04 bits per heavy atom. The first kappa shape index (κ1) is 14.5. The van der Waals surface area contributed by atoms with Crippen LogP contribution in [0.5, 0.6) is 0 Å². The second-order valence-corrected chi connectivity index (χ2v) is 7.85. The Balaban J connectivity index is 1.46. The van der Waals surface area contributed by atoms with Crippen LogP contribution in [0.3, 0.4) is 0 Å². The number of rotatable bonds is 2. The zero-order valence-electron chi connectivity index (χ0n) is 14.2. The lowest BCUT2D eigenvalue weighted by Gasteiger charge is -2.30. The van der Waals surface area contributed by atoms with Crippen LogP contribution in [-0.2, 0) is 4.84 Å². The molecule has 0 amide bonds. The average molecular weight is 323 g/mol. The number of fused-ring (bicyclic) bond motifs is 1. The SMILES string of the molecule is c1cc2cnn(C3CCCC3)c2cc1C1=NOC2(CCCCC2)C1. The van der Waals surface area contributed by atoms with Crippen LogP contribution in [0, 0.1) is 0 Å². The fourth-order valence-corrected chi connectivity index (χ4v) is 4.80. The molecule has 2 heterocycles. The zero-order chi connectivity index (χ0) is 16.0. The Hall–Kier alpha value is -1.84. The summed E-state index contributed by atoms with van der Waals surface area (Å²) in [4.78, 5) is 5.94. The van der Waals surface area contributed by atoms with Crippen molar-refractivity contribution in [1.29, 1.82) is 0 Å². The maximum atomic E-state index is 5.94. The molecule has 24 heavy (non-hydrogen) atoms. The second kappa shape index (κ2) is 5.61. The van der Waals surface area contributed by atoms with E-state index in [9.17, 15) is 0 Å². The van der Waals surface area contributed by atoms with Crippen LogP contribution >= 0.6 is 0 Å². The third kappa shape index (κ3) is 2.35. The fraction of sp³-hybridized carbons (Fsp3) is 0.600. The fourth-order valence-electron chi connectivity index (χ4n) is 4.80. The Bertz CT molecular complexity index is 779. The highest BCUT2D eigenvalue weighted by Gasteiger charge is 2.40. The minimum absolute atomic E-state index is 0.00572. The van der Waals surface area contributed by atoms with Crippen molar-refractivity contribution in [3.05, 3.63) is 30.0 Å². The van der Waals surface area contributed by atoms with Crippen LogP contribution in [0.4, 0.5) is 0 Å². The molecule has 0 radical (unpaired) electrons. The summed E-state index contributed by atoms with van der Waals surface area (Å²) >= 11 is 0. The number of hydrogen-bond acceptors (Lipinski definition) is 3. The third-order valence-corrected chi connectivity index (χ3v) is 6.21. The monoisotopic (exact) mass is 323 g/mol. The van der Waals surface area contributed by atoms with Gasteiger partial charge in [-0.3, -0.25) is 4.68 Å². The Morgan fingerprint density at radius 3 is 2.71 bits per heavy atom. The van der Waals surface area contributed by atoms with Crippen molar-refractivity contribution in [3.8, 4) is 0 Å². The van der Waals surface area contributed by atoms with E-state index in [1.165, 1.54) is 61.4 Å². The second-order valence-electron chi connectivity index (χ2n) is 7.85. The van der Waals surface area contributed by atoms with Gasteiger partial charge in [0.2, 0.25) is 0 Å². The molecule has 1 spiro atoms. The van der Waals surface area contributed by atoms with E-state index in [1.54, 1.807) is 0 Å². The smallest absolute Gasteiger partial charge is 0.143 e. The lowest BCUT2D eigenvalue weighted by molar-refractivity contribution is -0.0449. The van der Waals surface area contributed by atoms with Gasteiger partial charge < -0.3 is 4.84 Å². The number of benzene rings is 1. The molecule has 0 bridgehead atoms. The lowest BCUT2D eigenvalue weighted by atomic mass is 9.81. The molecule has 0 saturated heterocycles. The minimum Gasteiger partial charge on any atom is -0.389 e. The summed E-state index contributed by atoms with van der Waals surface area (Å²) in [5.41, 5.74) is 3.59. The van der Waals surface area contributed by atoms with E-state index in [0.717, 1.165) is 25.0 Å². The molecule has 1 aliphatic heterocycles. The summed E-state index contributed by atoms with van der Waals surface area (Å²) in [5.74, 6) is 0. The summed E-state index contributed by atoms with van der Waals surface area (Å²) in [7, 11) is 0. The molecular formula is C20H25N3O. The highest BCUT2D eigenvalue weighted by molar-refractivity contribution is 6.04. The first-order valence-corrected chi connectivity index (χ1v) is 9.56. The van der Waals surface area contributed by atoms with Crippen LogP contribution in [0.1, 0.15) is 75.8 Å². The number of oxime groups is 1. The van der Waals surface area contributed by atoms with Crippen molar-refractivity contribution in [1.82, 2.24) is 9.78 Å². The van der Waals surface area contributed by atoms with Gasteiger partial charge in [0.25, 0.3) is 0 Å². The van der Waals surface area contributed by atoms with Crippen molar-refractivity contribution >= 4 is 16.6 Å². The maximum absolute atomic E-state index is 5.94. The van der Waals surface area contributed by atoms with E-state index < -0.39 is 0 Å². The van der Waals surface area contributed by atoms with E-state index in [2.05, 4.69) is 33.1 Å². The molecule has 5 rings (SSSR count). The molecule has 4 nitrogen and oxygen atoms in total. The molecule has 2 fully saturated rings. The molecule has 126 valence electrons. The van der Waals surface area contributed by atoms with Gasteiger partial charge in [-0.1, -0.05) is 36.6 Å². The number of hydrogen-bond donors (Lipinski definition) is 0. The predicted molar refractivity (Wildman–Crippen MR) is 95.3 cm³/mol. The molecule has 3 aliphatic rings. The first-order chi connectivity index (χ1) is 11.8. The van der Waals surface area contributed by atoms with Crippen LogP contribution in [0.15, 0.2) is 29.6 Å². The van der Waals surface area contributed by atoms with Gasteiger partial charge in [-0.2, -0.15) is 5.10 Å². The molecule has 0 unspecified atom stereocenters. The third-order valence-electron chi connectivity index (χ3n) is 6.21. The van der Waals surface area contributed by atoms with Gasteiger partial charge in [0.05, 0.1) is 23.5 Å². The molecule has 1 aromatic carbocycles. The van der Waals surface area contributed by atoms with E-state index >= 15 is 0 Å². The van der Waals surface area contributed by atoms with Gasteiger partial charge >= 0.3 is 0 Å². The summed E-state index contributed by atoms with van der Waals surface area (Å²) in [6, 6.07) is 7.24. The molecule has 2 aliphatic carbocycles. The molecule has 0 N–H and O–H groups in total. The summed E-state index contributed by atoms with van der Waals surface area (Å²) in [5, 5.41) is 10.4. The lowest BCUT2D eigenvalue weighted by Crippen LogP contribution is -2.31. The van der Waals surface area contributed by atoms with Gasteiger partial charge in [0, 0.05) is 17.4 Å². The Labute approximate surface area is 142 Å². The van der Waals surface area contributed by atoms with Crippen molar-refractivity contribution in [2.24, 2.45) is 5.16 Å². The maximum Gasteiger partial charge on any atom is 0.143 e. The van der Waals surface area contributed by atoms with E-state index in [0.29, 0.717) is 6.04 Å². The molecule has 2 aromatic rings. The van der Waals surface area contributed by atoms with Gasteiger partial charge in [-0.25, -0.2) is 0 Å². The molecule has 0 atom stereocenters. The molecule has 2 saturated carbocycles. The zero-order valence-corrected chi connectivity index (χ0v) is 14.2. The van der Waals surface area contributed by atoms with Crippen molar-refractivity contribution in [2.75, 3.05) is 0 Å². The highest BCUT2D eigenvalue weighted by atomic mass is 16.7. The Kier molecular flexibility index (Phi) is 3.39. The van der Waals surface area contributed by atoms with Gasteiger partial charge in [0.15, 0.2) is 0 Å². The standard InChI is InChI=1S/C20H25N3O/c1-4-10-20(11-5-1)13-18(22-24-20)15-8-9-16-14-21-23(19(16)12-15)17-6-2-3-7-17/h8-9,12,14,17H,1-7,10-11,13H2. The highest BCUT2D eigenvalue weighted by Crippen LogP contribution is 2.40. The van der Waals surface area contributed by atoms with Crippen molar-refractivity contribution < 1.29 is 4.84 Å². The van der Waals surface area contributed by atoms with Crippen LogP contribution in [0.2, 0.25) is 0 Å². The number of aromatic nitrogens is 2. The van der Waals surface area contributed by atoms with Gasteiger partial charge in [-0.15, -0.1) is 0 Å². The predicted octanol–water partition coefficient (Wildman–Crippen LogP) is 4.98. The summed E-state index contributed by atoms with van der Waals surface area (Å²) < 4.78 is 2.25. The average Bonchev–Trinajstić information content (AvgIpc) is 3.34. The van der Waals surface area contributed by atoms with E-state index in [-0.39, 0.29) is 5.60 Å². The van der Waals surface area contributed by atoms with Crippen molar-refractivity contribution in [3.63, 3.8) is 0 Å². The van der Waals surface area contributed by atoms with E-state index in [1.807, 2.05) is 6.20 Å². The number of nitrogens with zero attached hydrogens (tertiary/aromatic N) is 3.